The number of carbonyl (C=O) groups is 1. The number of amides is 1. The van der Waals surface area contributed by atoms with E-state index in [-0.39, 0.29) is 5.91 Å². The smallest absolute Gasteiger partial charge is 0.253 e. The Hall–Kier alpha value is -2.24. The van der Waals surface area contributed by atoms with Gasteiger partial charge in [0.05, 0.1) is 10.7 Å². The first-order valence-corrected chi connectivity index (χ1v) is 9.48. The second-order valence-corrected chi connectivity index (χ2v) is 7.55. The normalized spacial score (nSPS) is 15.6. The van der Waals surface area contributed by atoms with Crippen molar-refractivity contribution in [2.24, 2.45) is 0 Å². The fourth-order valence-corrected chi connectivity index (χ4v) is 3.93. The van der Waals surface area contributed by atoms with Gasteiger partial charge < -0.3 is 4.90 Å². The monoisotopic (exact) mass is 351 g/mol. The molecule has 0 bridgehead atoms. The van der Waals surface area contributed by atoms with Gasteiger partial charge in [-0.1, -0.05) is 30.3 Å². The van der Waals surface area contributed by atoms with Crippen molar-refractivity contribution in [1.29, 1.82) is 0 Å². The average Bonchev–Trinajstić information content (AvgIpc) is 3.06. The van der Waals surface area contributed by atoms with Crippen LogP contribution in [0.3, 0.4) is 0 Å². The Balaban J connectivity index is 1.40. The van der Waals surface area contributed by atoms with Crippen molar-refractivity contribution in [2.75, 3.05) is 26.2 Å². The van der Waals surface area contributed by atoms with Crippen LogP contribution in [0.1, 0.15) is 21.1 Å². The van der Waals surface area contributed by atoms with E-state index in [9.17, 15) is 4.79 Å². The highest BCUT2D eigenvalue weighted by Gasteiger charge is 2.22. The number of rotatable bonds is 3. The van der Waals surface area contributed by atoms with Crippen LogP contribution in [0.2, 0.25) is 0 Å². The van der Waals surface area contributed by atoms with E-state index in [4.69, 9.17) is 0 Å². The Morgan fingerprint density at radius 2 is 1.84 bits per heavy atom. The highest BCUT2D eigenvalue weighted by Crippen LogP contribution is 2.18. The Morgan fingerprint density at radius 1 is 1.08 bits per heavy atom. The summed E-state index contributed by atoms with van der Waals surface area (Å²) >= 11 is 1.69. The lowest BCUT2D eigenvalue weighted by atomic mass is 10.1. The van der Waals surface area contributed by atoms with E-state index in [1.807, 2.05) is 42.2 Å². The number of nitrogens with zero attached hydrogens (tertiary/aromatic N) is 3. The zero-order valence-corrected chi connectivity index (χ0v) is 15.1. The molecule has 2 heterocycles. The fourth-order valence-electron chi connectivity index (χ4n) is 3.32. The summed E-state index contributed by atoms with van der Waals surface area (Å²) in [5.41, 5.74) is 1.92. The third-order valence-corrected chi connectivity index (χ3v) is 5.53. The number of fused-ring (bicyclic) bond motifs is 1. The molecule has 1 saturated heterocycles. The molecule has 4 rings (SSSR count). The first-order valence-electron chi connectivity index (χ1n) is 8.60. The van der Waals surface area contributed by atoms with E-state index in [2.05, 4.69) is 27.4 Å². The molecule has 4 nitrogen and oxygen atoms in total. The fraction of sp³-hybridized carbons (Fsp3) is 0.300. The number of hydrogen-bond acceptors (Lipinski definition) is 4. The maximum absolute atomic E-state index is 12.8. The lowest BCUT2D eigenvalue weighted by Gasteiger charge is -2.34. The van der Waals surface area contributed by atoms with E-state index in [0.29, 0.717) is 0 Å². The first-order chi connectivity index (χ1) is 12.2. The molecule has 0 unspecified atom stereocenters. The van der Waals surface area contributed by atoms with Gasteiger partial charge in [0.25, 0.3) is 5.91 Å². The van der Waals surface area contributed by atoms with Crippen LogP contribution in [-0.2, 0) is 6.54 Å². The van der Waals surface area contributed by atoms with Gasteiger partial charge in [0, 0.05) is 43.7 Å². The van der Waals surface area contributed by atoms with Crippen molar-refractivity contribution in [3.63, 3.8) is 0 Å². The van der Waals surface area contributed by atoms with Crippen molar-refractivity contribution >= 4 is 28.0 Å². The topological polar surface area (TPSA) is 36.4 Å². The predicted molar refractivity (Wildman–Crippen MR) is 102 cm³/mol. The summed E-state index contributed by atoms with van der Waals surface area (Å²) < 4.78 is 0. The van der Waals surface area contributed by atoms with Crippen LogP contribution in [0.5, 0.6) is 0 Å². The van der Waals surface area contributed by atoms with Crippen molar-refractivity contribution < 1.29 is 4.79 Å². The Morgan fingerprint density at radius 3 is 2.56 bits per heavy atom. The molecule has 3 aromatic rings. The summed E-state index contributed by atoms with van der Waals surface area (Å²) in [5, 5.41) is 5.52. The maximum atomic E-state index is 12.8. The van der Waals surface area contributed by atoms with Crippen LogP contribution in [0.15, 0.2) is 47.8 Å². The van der Waals surface area contributed by atoms with Crippen molar-refractivity contribution in [2.45, 2.75) is 13.5 Å². The van der Waals surface area contributed by atoms with Crippen molar-refractivity contribution in [1.82, 2.24) is 14.8 Å². The number of aryl methyl sites for hydroxylation is 1. The molecule has 0 aliphatic carbocycles. The summed E-state index contributed by atoms with van der Waals surface area (Å²) in [6, 6.07) is 14.1. The SMILES string of the molecule is Cc1nc(CN2CCN(C(=O)c3ccc4ccccc4c3)CC2)cs1. The molecule has 2 aromatic carbocycles. The van der Waals surface area contributed by atoms with Gasteiger partial charge in [0.1, 0.15) is 0 Å². The van der Waals surface area contributed by atoms with Gasteiger partial charge in [0.2, 0.25) is 0 Å². The molecule has 0 spiro atoms. The van der Waals surface area contributed by atoms with Gasteiger partial charge in [-0.3, -0.25) is 9.69 Å². The third kappa shape index (κ3) is 3.57. The predicted octanol–water partition coefficient (Wildman–Crippen LogP) is 3.56. The molecule has 128 valence electrons. The number of thiazole rings is 1. The summed E-state index contributed by atoms with van der Waals surface area (Å²) in [4.78, 5) is 21.7. The number of carbonyl (C=O) groups excluding carboxylic acids is 1. The summed E-state index contributed by atoms with van der Waals surface area (Å²) in [6.07, 6.45) is 0. The lowest BCUT2D eigenvalue weighted by molar-refractivity contribution is 0.0627. The Kier molecular flexibility index (Phi) is 4.51. The summed E-state index contributed by atoms with van der Waals surface area (Å²) in [6.45, 7) is 6.26. The second-order valence-electron chi connectivity index (χ2n) is 6.49. The Labute approximate surface area is 151 Å². The van der Waals surface area contributed by atoms with E-state index in [0.717, 1.165) is 54.4 Å². The highest BCUT2D eigenvalue weighted by atomic mass is 32.1. The summed E-state index contributed by atoms with van der Waals surface area (Å²) in [7, 11) is 0. The highest BCUT2D eigenvalue weighted by molar-refractivity contribution is 7.09. The molecule has 1 amide bonds. The van der Waals surface area contributed by atoms with Crippen LogP contribution >= 0.6 is 11.3 Å². The lowest BCUT2D eigenvalue weighted by Crippen LogP contribution is -2.48. The maximum Gasteiger partial charge on any atom is 0.253 e. The number of benzene rings is 2. The number of aromatic nitrogens is 1. The second kappa shape index (κ2) is 6.94. The van der Waals surface area contributed by atoms with Crippen LogP contribution in [0.4, 0.5) is 0 Å². The van der Waals surface area contributed by atoms with Gasteiger partial charge in [0.15, 0.2) is 0 Å². The van der Waals surface area contributed by atoms with E-state index < -0.39 is 0 Å². The van der Waals surface area contributed by atoms with Crippen LogP contribution in [0.25, 0.3) is 10.8 Å². The number of hydrogen-bond donors (Lipinski definition) is 0. The molecule has 1 fully saturated rings. The number of piperazine rings is 1. The van der Waals surface area contributed by atoms with Crippen LogP contribution in [0, 0.1) is 6.92 Å². The van der Waals surface area contributed by atoms with Crippen molar-refractivity contribution in [3.05, 3.63) is 64.1 Å². The van der Waals surface area contributed by atoms with Gasteiger partial charge >= 0.3 is 0 Å². The largest absolute Gasteiger partial charge is 0.336 e. The molecular formula is C20H21N3OS. The molecule has 1 aliphatic rings. The first kappa shape index (κ1) is 16.2. The molecular weight excluding hydrogens is 330 g/mol. The van der Waals surface area contributed by atoms with Gasteiger partial charge in [-0.2, -0.15) is 0 Å². The third-order valence-electron chi connectivity index (χ3n) is 4.71. The minimum atomic E-state index is 0.134. The summed E-state index contributed by atoms with van der Waals surface area (Å²) in [5.74, 6) is 0.134. The zero-order valence-electron chi connectivity index (χ0n) is 14.3. The molecule has 0 saturated carbocycles. The zero-order chi connectivity index (χ0) is 17.2. The molecule has 0 atom stereocenters. The van der Waals surface area contributed by atoms with Crippen molar-refractivity contribution in [3.8, 4) is 0 Å². The molecule has 1 aromatic heterocycles. The van der Waals surface area contributed by atoms with E-state index >= 15 is 0 Å². The minimum absolute atomic E-state index is 0.134. The average molecular weight is 351 g/mol. The molecule has 0 radical (unpaired) electrons. The van der Waals surface area contributed by atoms with Crippen LogP contribution < -0.4 is 0 Å². The molecule has 25 heavy (non-hydrogen) atoms. The van der Waals surface area contributed by atoms with E-state index in [1.54, 1.807) is 11.3 Å². The van der Waals surface area contributed by atoms with Gasteiger partial charge in [-0.25, -0.2) is 4.98 Å². The molecule has 1 aliphatic heterocycles. The molecule has 0 N–H and O–H groups in total. The van der Waals surface area contributed by atoms with Gasteiger partial charge in [-0.15, -0.1) is 11.3 Å². The van der Waals surface area contributed by atoms with E-state index in [1.165, 1.54) is 5.39 Å². The Bertz CT molecular complexity index is 897. The van der Waals surface area contributed by atoms with Gasteiger partial charge in [-0.05, 0) is 29.8 Å². The molecule has 5 heteroatoms. The quantitative estimate of drug-likeness (QED) is 0.724. The standard InChI is InChI=1S/C20H21N3OS/c1-15-21-19(14-25-15)13-22-8-10-23(11-9-22)20(24)18-7-6-16-4-2-3-5-17(16)12-18/h2-7,12,14H,8-11,13H2,1H3. The minimum Gasteiger partial charge on any atom is -0.336 e. The van der Waals surface area contributed by atoms with Crippen LogP contribution in [-0.4, -0.2) is 46.9 Å².